The summed E-state index contributed by atoms with van der Waals surface area (Å²) in [6, 6.07) is 7.21. The minimum atomic E-state index is 0.450. The van der Waals surface area contributed by atoms with Crippen molar-refractivity contribution in [3.05, 3.63) is 52.6 Å². The van der Waals surface area contributed by atoms with E-state index in [4.69, 9.17) is 0 Å². The summed E-state index contributed by atoms with van der Waals surface area (Å²) in [5.41, 5.74) is 6.95. The van der Waals surface area contributed by atoms with E-state index in [-0.39, 0.29) is 0 Å². The second-order valence-corrected chi connectivity index (χ2v) is 6.93. The standard InChI is InChI=1S/C20H29N/c1-13(2)20-12-19(8-7-16(20)5)21-17(6)18-10-14(3)9-15(4)11-18/h7-10,12-13,17-18,21H,11H2,1-6H3. The van der Waals surface area contributed by atoms with Crippen LogP contribution in [0.2, 0.25) is 0 Å². The van der Waals surface area contributed by atoms with Crippen molar-refractivity contribution in [2.45, 2.75) is 59.9 Å². The van der Waals surface area contributed by atoms with Crippen LogP contribution < -0.4 is 5.32 Å². The van der Waals surface area contributed by atoms with Crippen LogP contribution in [0.5, 0.6) is 0 Å². The zero-order chi connectivity index (χ0) is 15.6. The molecule has 1 heteroatoms. The summed E-state index contributed by atoms with van der Waals surface area (Å²) in [5.74, 6) is 1.16. The summed E-state index contributed by atoms with van der Waals surface area (Å²) in [4.78, 5) is 0. The molecule has 114 valence electrons. The van der Waals surface area contributed by atoms with Crippen LogP contribution in [0.4, 0.5) is 5.69 Å². The fourth-order valence-corrected chi connectivity index (χ4v) is 3.31. The van der Waals surface area contributed by atoms with Gasteiger partial charge >= 0.3 is 0 Å². The minimum Gasteiger partial charge on any atom is -0.382 e. The van der Waals surface area contributed by atoms with E-state index in [1.807, 2.05) is 0 Å². The molecular weight excluding hydrogens is 254 g/mol. The third-order valence-corrected chi connectivity index (χ3v) is 4.45. The lowest BCUT2D eigenvalue weighted by Crippen LogP contribution is -2.26. The van der Waals surface area contributed by atoms with Crippen molar-refractivity contribution in [1.29, 1.82) is 0 Å². The highest BCUT2D eigenvalue weighted by Gasteiger charge is 2.18. The Morgan fingerprint density at radius 2 is 1.81 bits per heavy atom. The van der Waals surface area contributed by atoms with Gasteiger partial charge in [0.05, 0.1) is 0 Å². The van der Waals surface area contributed by atoms with E-state index in [1.54, 1.807) is 0 Å². The molecule has 0 heterocycles. The molecule has 0 bridgehead atoms. The largest absolute Gasteiger partial charge is 0.382 e. The number of aryl methyl sites for hydroxylation is 1. The molecule has 2 rings (SSSR count). The second kappa shape index (κ2) is 6.51. The Labute approximate surface area is 130 Å². The van der Waals surface area contributed by atoms with Gasteiger partial charge in [-0.05, 0) is 63.3 Å². The van der Waals surface area contributed by atoms with E-state index in [1.165, 1.54) is 28.0 Å². The van der Waals surface area contributed by atoms with Crippen LogP contribution in [-0.4, -0.2) is 6.04 Å². The third kappa shape index (κ3) is 4.00. The van der Waals surface area contributed by atoms with Gasteiger partial charge < -0.3 is 5.32 Å². The normalized spacial score (nSPS) is 20.0. The zero-order valence-electron chi connectivity index (χ0n) is 14.3. The number of anilines is 1. The lowest BCUT2D eigenvalue weighted by Gasteiger charge is -2.27. The number of hydrogen-bond acceptors (Lipinski definition) is 1. The van der Waals surface area contributed by atoms with Crippen LogP contribution in [-0.2, 0) is 0 Å². The highest BCUT2D eigenvalue weighted by atomic mass is 14.9. The smallest absolute Gasteiger partial charge is 0.0345 e. The molecule has 0 radical (unpaired) electrons. The number of benzene rings is 1. The minimum absolute atomic E-state index is 0.450. The molecule has 2 unspecified atom stereocenters. The Morgan fingerprint density at radius 1 is 1.10 bits per heavy atom. The van der Waals surface area contributed by atoms with Gasteiger partial charge in [-0.15, -0.1) is 0 Å². The molecule has 0 fully saturated rings. The molecule has 2 atom stereocenters. The molecule has 1 aromatic carbocycles. The summed E-state index contributed by atoms with van der Waals surface area (Å²) in [6.07, 6.45) is 5.86. The Morgan fingerprint density at radius 3 is 2.43 bits per heavy atom. The Kier molecular flexibility index (Phi) is 4.92. The first kappa shape index (κ1) is 15.9. The van der Waals surface area contributed by atoms with E-state index in [0.29, 0.717) is 17.9 Å². The average Bonchev–Trinajstić information content (AvgIpc) is 2.39. The summed E-state index contributed by atoms with van der Waals surface area (Å²) in [7, 11) is 0. The molecule has 0 saturated heterocycles. The van der Waals surface area contributed by atoms with Crippen LogP contribution >= 0.6 is 0 Å². The highest BCUT2D eigenvalue weighted by molar-refractivity contribution is 5.50. The maximum absolute atomic E-state index is 3.70. The summed E-state index contributed by atoms with van der Waals surface area (Å²) >= 11 is 0. The monoisotopic (exact) mass is 283 g/mol. The Bertz CT molecular complexity index is 563. The fraction of sp³-hybridized carbons (Fsp3) is 0.500. The molecule has 0 amide bonds. The highest BCUT2D eigenvalue weighted by Crippen LogP contribution is 2.28. The van der Waals surface area contributed by atoms with Crippen molar-refractivity contribution in [3.63, 3.8) is 0 Å². The molecule has 0 spiro atoms. The molecule has 0 saturated carbocycles. The van der Waals surface area contributed by atoms with Gasteiger partial charge in [-0.2, -0.15) is 0 Å². The summed E-state index contributed by atoms with van der Waals surface area (Å²) in [6.45, 7) is 13.4. The van der Waals surface area contributed by atoms with Crippen LogP contribution in [0.3, 0.4) is 0 Å². The molecule has 1 N–H and O–H groups in total. The predicted octanol–water partition coefficient (Wildman–Crippen LogP) is 5.83. The van der Waals surface area contributed by atoms with Crippen molar-refractivity contribution in [1.82, 2.24) is 0 Å². The van der Waals surface area contributed by atoms with Crippen LogP contribution in [0.25, 0.3) is 0 Å². The van der Waals surface area contributed by atoms with Gasteiger partial charge in [-0.25, -0.2) is 0 Å². The second-order valence-electron chi connectivity index (χ2n) is 6.93. The predicted molar refractivity (Wildman–Crippen MR) is 94.0 cm³/mol. The average molecular weight is 283 g/mol. The number of rotatable bonds is 4. The van der Waals surface area contributed by atoms with Crippen LogP contribution in [0, 0.1) is 12.8 Å². The van der Waals surface area contributed by atoms with Crippen LogP contribution in [0.15, 0.2) is 41.5 Å². The van der Waals surface area contributed by atoms with E-state index in [9.17, 15) is 0 Å². The Balaban J connectivity index is 2.12. The first-order valence-electron chi connectivity index (χ1n) is 8.09. The van der Waals surface area contributed by atoms with Crippen molar-refractivity contribution in [3.8, 4) is 0 Å². The van der Waals surface area contributed by atoms with E-state index in [0.717, 1.165) is 6.42 Å². The fourth-order valence-electron chi connectivity index (χ4n) is 3.31. The third-order valence-electron chi connectivity index (χ3n) is 4.45. The lowest BCUT2D eigenvalue weighted by molar-refractivity contribution is 0.551. The summed E-state index contributed by atoms with van der Waals surface area (Å²) < 4.78 is 0. The molecule has 1 aromatic rings. The maximum atomic E-state index is 3.70. The molecule has 1 nitrogen and oxygen atoms in total. The van der Waals surface area contributed by atoms with Gasteiger partial charge in [0.2, 0.25) is 0 Å². The SMILES string of the molecule is CC1=CC(C(C)Nc2ccc(C)c(C(C)C)c2)CC(C)=C1. The number of nitrogens with one attached hydrogen (secondary N) is 1. The molecular formula is C20H29N. The van der Waals surface area contributed by atoms with E-state index < -0.39 is 0 Å². The van der Waals surface area contributed by atoms with Gasteiger partial charge in [0, 0.05) is 17.6 Å². The van der Waals surface area contributed by atoms with E-state index >= 15 is 0 Å². The zero-order valence-corrected chi connectivity index (χ0v) is 14.3. The van der Waals surface area contributed by atoms with Crippen molar-refractivity contribution >= 4 is 5.69 Å². The van der Waals surface area contributed by atoms with E-state index in [2.05, 4.69) is 77.2 Å². The first-order chi connectivity index (χ1) is 9.86. The lowest BCUT2D eigenvalue weighted by atomic mass is 9.86. The van der Waals surface area contributed by atoms with Gasteiger partial charge in [-0.1, -0.05) is 43.2 Å². The first-order valence-corrected chi connectivity index (χ1v) is 8.09. The quantitative estimate of drug-likeness (QED) is 0.733. The maximum Gasteiger partial charge on any atom is 0.0345 e. The summed E-state index contributed by atoms with van der Waals surface area (Å²) in [5, 5.41) is 3.70. The van der Waals surface area contributed by atoms with Gasteiger partial charge in [-0.3, -0.25) is 0 Å². The molecule has 1 aliphatic rings. The van der Waals surface area contributed by atoms with Gasteiger partial charge in [0.25, 0.3) is 0 Å². The van der Waals surface area contributed by atoms with Gasteiger partial charge in [0.1, 0.15) is 0 Å². The number of hydrogen-bond donors (Lipinski definition) is 1. The number of allylic oxidation sites excluding steroid dienone is 3. The van der Waals surface area contributed by atoms with Crippen LogP contribution in [0.1, 0.15) is 58.1 Å². The Hall–Kier alpha value is -1.50. The molecule has 21 heavy (non-hydrogen) atoms. The van der Waals surface area contributed by atoms with Crippen molar-refractivity contribution in [2.24, 2.45) is 5.92 Å². The van der Waals surface area contributed by atoms with Gasteiger partial charge in [0.15, 0.2) is 0 Å². The van der Waals surface area contributed by atoms with Crippen molar-refractivity contribution in [2.75, 3.05) is 5.32 Å². The molecule has 0 aliphatic heterocycles. The molecule has 1 aliphatic carbocycles. The molecule has 0 aromatic heterocycles. The topological polar surface area (TPSA) is 12.0 Å². The van der Waals surface area contributed by atoms with Crippen molar-refractivity contribution < 1.29 is 0 Å².